The molecule has 0 saturated carbocycles. The second kappa shape index (κ2) is 9.23. The standard InChI is InChI=1S/C28H18BrN5O3S/c29-19-12-10-17(11-13-19)25-18(15-33(31-25)20-6-2-1-3-7-20)14-24-27(35)34-28(38-24)30-26(32-34)23-16-36-21-8-4-5-9-22(21)37-23/h1-15,23H,16H2. The molecule has 1 unspecified atom stereocenters. The number of hydrogen-bond acceptors (Lipinski definition) is 7. The summed E-state index contributed by atoms with van der Waals surface area (Å²) in [5.41, 5.74) is 3.22. The van der Waals surface area contributed by atoms with Crippen LogP contribution in [0.15, 0.2) is 94.3 Å². The molecule has 3 aromatic heterocycles. The van der Waals surface area contributed by atoms with Gasteiger partial charge in [0.25, 0.3) is 5.56 Å². The van der Waals surface area contributed by atoms with Crippen LogP contribution in [0.4, 0.5) is 0 Å². The van der Waals surface area contributed by atoms with Crippen molar-refractivity contribution in [2.45, 2.75) is 6.10 Å². The molecule has 0 amide bonds. The van der Waals surface area contributed by atoms with E-state index >= 15 is 0 Å². The molecule has 7 rings (SSSR count). The van der Waals surface area contributed by atoms with Crippen molar-refractivity contribution in [3.8, 4) is 28.4 Å². The molecule has 0 spiro atoms. The van der Waals surface area contributed by atoms with E-state index in [4.69, 9.17) is 14.6 Å². The molecule has 0 fully saturated rings. The topological polar surface area (TPSA) is 83.5 Å². The van der Waals surface area contributed by atoms with Gasteiger partial charge in [0.05, 0.1) is 15.9 Å². The summed E-state index contributed by atoms with van der Waals surface area (Å²) in [5, 5.41) is 9.31. The number of benzene rings is 3. The maximum atomic E-state index is 13.3. The quantitative estimate of drug-likeness (QED) is 0.296. The van der Waals surface area contributed by atoms with Crippen LogP contribution in [0.5, 0.6) is 11.5 Å². The Morgan fingerprint density at radius 2 is 1.71 bits per heavy atom. The molecule has 0 radical (unpaired) electrons. The molecule has 186 valence electrons. The van der Waals surface area contributed by atoms with Gasteiger partial charge in [-0.2, -0.15) is 14.6 Å². The van der Waals surface area contributed by atoms with Crippen molar-refractivity contribution in [2.24, 2.45) is 0 Å². The summed E-state index contributed by atoms with van der Waals surface area (Å²) in [6, 6.07) is 25.3. The number of nitrogens with zero attached hydrogens (tertiary/aromatic N) is 5. The number of halogens is 1. The predicted octanol–water partition coefficient (Wildman–Crippen LogP) is 4.83. The van der Waals surface area contributed by atoms with Gasteiger partial charge in [-0.3, -0.25) is 4.79 Å². The Morgan fingerprint density at radius 1 is 0.947 bits per heavy atom. The summed E-state index contributed by atoms with van der Waals surface area (Å²) >= 11 is 4.77. The zero-order chi connectivity index (χ0) is 25.6. The molecule has 1 aliphatic rings. The molecule has 38 heavy (non-hydrogen) atoms. The largest absolute Gasteiger partial charge is 0.485 e. The van der Waals surface area contributed by atoms with Crippen LogP contribution < -0.4 is 19.6 Å². The van der Waals surface area contributed by atoms with Gasteiger partial charge in [0.15, 0.2) is 23.4 Å². The van der Waals surface area contributed by atoms with Crippen LogP contribution in [-0.2, 0) is 0 Å². The second-order valence-corrected chi connectivity index (χ2v) is 10.6. The molecular formula is C28H18BrN5O3S. The molecule has 6 aromatic rings. The lowest BCUT2D eigenvalue weighted by atomic mass is 10.1. The Morgan fingerprint density at radius 3 is 2.50 bits per heavy atom. The summed E-state index contributed by atoms with van der Waals surface area (Å²) < 4.78 is 16.5. The van der Waals surface area contributed by atoms with Gasteiger partial charge in [0, 0.05) is 21.8 Å². The first-order chi connectivity index (χ1) is 18.6. The fraction of sp³-hybridized carbons (Fsp3) is 0.0714. The molecule has 1 atom stereocenters. The van der Waals surface area contributed by atoms with Gasteiger partial charge in [-0.25, -0.2) is 4.68 Å². The highest BCUT2D eigenvalue weighted by molar-refractivity contribution is 9.10. The molecule has 0 saturated heterocycles. The van der Waals surface area contributed by atoms with E-state index in [0.29, 0.717) is 26.8 Å². The molecule has 1 aliphatic heterocycles. The molecule has 0 N–H and O–H groups in total. The highest BCUT2D eigenvalue weighted by atomic mass is 79.9. The number of fused-ring (bicyclic) bond motifs is 2. The first-order valence-electron chi connectivity index (χ1n) is 11.8. The number of aromatic nitrogens is 5. The first kappa shape index (κ1) is 22.9. The smallest absolute Gasteiger partial charge is 0.291 e. The minimum Gasteiger partial charge on any atom is -0.485 e. The van der Waals surface area contributed by atoms with Crippen molar-refractivity contribution >= 4 is 38.3 Å². The van der Waals surface area contributed by atoms with Crippen LogP contribution in [0.2, 0.25) is 0 Å². The Kier molecular flexibility index (Phi) is 5.56. The van der Waals surface area contributed by atoms with Gasteiger partial charge in [0.1, 0.15) is 6.61 Å². The maximum Gasteiger partial charge on any atom is 0.291 e. The zero-order valence-electron chi connectivity index (χ0n) is 19.7. The molecule has 8 nitrogen and oxygen atoms in total. The zero-order valence-corrected chi connectivity index (χ0v) is 22.1. The highest BCUT2D eigenvalue weighted by Gasteiger charge is 2.27. The van der Waals surface area contributed by atoms with Gasteiger partial charge < -0.3 is 9.47 Å². The maximum absolute atomic E-state index is 13.3. The second-order valence-electron chi connectivity index (χ2n) is 8.66. The van der Waals surface area contributed by atoms with Crippen LogP contribution in [0.25, 0.3) is 28.0 Å². The summed E-state index contributed by atoms with van der Waals surface area (Å²) in [6.45, 7) is 0.275. The summed E-state index contributed by atoms with van der Waals surface area (Å²) in [4.78, 5) is 18.4. The first-order valence-corrected chi connectivity index (χ1v) is 13.4. The number of ether oxygens (including phenoxy) is 2. The Bertz CT molecular complexity index is 1900. The van der Waals surface area contributed by atoms with Crippen molar-refractivity contribution in [1.29, 1.82) is 0 Å². The van der Waals surface area contributed by atoms with Gasteiger partial charge in [-0.15, -0.1) is 5.10 Å². The van der Waals surface area contributed by atoms with Gasteiger partial charge >= 0.3 is 0 Å². The van der Waals surface area contributed by atoms with Crippen molar-refractivity contribution < 1.29 is 9.47 Å². The predicted molar refractivity (Wildman–Crippen MR) is 148 cm³/mol. The summed E-state index contributed by atoms with van der Waals surface area (Å²) in [6.07, 6.45) is 3.29. The summed E-state index contributed by atoms with van der Waals surface area (Å²) in [5.74, 6) is 1.74. The number of thiazole rings is 1. The van der Waals surface area contributed by atoms with Crippen molar-refractivity contribution in [3.63, 3.8) is 0 Å². The highest BCUT2D eigenvalue weighted by Crippen LogP contribution is 2.35. The Hall–Kier alpha value is -4.28. The monoisotopic (exact) mass is 583 g/mol. The van der Waals surface area contributed by atoms with E-state index in [-0.39, 0.29) is 12.2 Å². The molecule has 3 aromatic carbocycles. The van der Waals surface area contributed by atoms with E-state index in [0.717, 1.165) is 27.0 Å². The Labute approximate surface area is 228 Å². The number of rotatable bonds is 4. The van der Waals surface area contributed by atoms with E-state index in [9.17, 15) is 4.79 Å². The normalized spacial score (nSPS) is 15.3. The third-order valence-corrected chi connectivity index (χ3v) is 7.65. The van der Waals surface area contributed by atoms with Crippen LogP contribution >= 0.6 is 27.3 Å². The van der Waals surface area contributed by atoms with Gasteiger partial charge in [-0.05, 0) is 42.5 Å². The molecule has 0 bridgehead atoms. The van der Waals surface area contributed by atoms with E-state index in [2.05, 4.69) is 26.0 Å². The number of hydrogen-bond donors (Lipinski definition) is 0. The van der Waals surface area contributed by atoms with Crippen molar-refractivity contribution in [1.82, 2.24) is 24.4 Å². The minimum atomic E-state index is -0.489. The average molecular weight is 584 g/mol. The third kappa shape index (κ3) is 4.07. The Balaban J connectivity index is 1.29. The van der Waals surface area contributed by atoms with Crippen LogP contribution in [0, 0.1) is 0 Å². The average Bonchev–Trinajstić information content (AvgIpc) is 3.64. The van der Waals surface area contributed by atoms with Crippen molar-refractivity contribution in [3.05, 3.63) is 116 Å². The van der Waals surface area contributed by atoms with Gasteiger partial charge in [-0.1, -0.05) is 69.7 Å². The molecular weight excluding hydrogens is 566 g/mol. The lowest BCUT2D eigenvalue weighted by molar-refractivity contribution is 0.0852. The van der Waals surface area contributed by atoms with E-state index in [1.807, 2.05) is 95.8 Å². The van der Waals surface area contributed by atoms with E-state index in [1.54, 1.807) is 0 Å². The SMILES string of the molecule is O=c1c(=Cc2cn(-c3ccccc3)nc2-c2ccc(Br)cc2)sc2nc(C3COc4ccccc4O3)nn12. The molecule has 4 heterocycles. The molecule has 0 aliphatic carbocycles. The van der Waals surface area contributed by atoms with E-state index < -0.39 is 6.10 Å². The third-order valence-electron chi connectivity index (χ3n) is 6.16. The fourth-order valence-corrected chi connectivity index (χ4v) is 5.48. The minimum absolute atomic E-state index is 0.241. The van der Waals surface area contributed by atoms with E-state index in [1.165, 1.54) is 15.9 Å². The summed E-state index contributed by atoms with van der Waals surface area (Å²) in [7, 11) is 0. The number of para-hydroxylation sites is 3. The van der Waals surface area contributed by atoms with Crippen LogP contribution in [-0.4, -0.2) is 31.0 Å². The lowest BCUT2D eigenvalue weighted by Crippen LogP contribution is -2.26. The van der Waals surface area contributed by atoms with Gasteiger partial charge in [0.2, 0.25) is 4.96 Å². The van der Waals surface area contributed by atoms with Crippen molar-refractivity contribution in [2.75, 3.05) is 6.61 Å². The lowest BCUT2D eigenvalue weighted by Gasteiger charge is -2.24. The fourth-order valence-electron chi connectivity index (χ4n) is 4.31. The van der Waals surface area contributed by atoms with Crippen LogP contribution in [0.1, 0.15) is 17.5 Å². The molecule has 10 heteroatoms. The van der Waals surface area contributed by atoms with Crippen LogP contribution in [0.3, 0.4) is 0 Å².